The molecule has 2 N–H and O–H groups in total. The summed E-state index contributed by atoms with van der Waals surface area (Å²) in [6, 6.07) is 1.71. The van der Waals surface area contributed by atoms with Crippen molar-refractivity contribution in [3.05, 3.63) is 18.0 Å². The van der Waals surface area contributed by atoms with Gasteiger partial charge in [0.1, 0.15) is 5.69 Å². The Morgan fingerprint density at radius 3 is 2.88 bits per heavy atom. The first-order valence-electron chi connectivity index (χ1n) is 5.75. The lowest BCUT2D eigenvalue weighted by Crippen LogP contribution is -2.35. The van der Waals surface area contributed by atoms with Crippen LogP contribution in [0.1, 0.15) is 17.4 Å². The fourth-order valence-corrected chi connectivity index (χ4v) is 1.51. The zero-order chi connectivity index (χ0) is 12.7. The maximum absolute atomic E-state index is 12.1. The molecule has 1 aromatic heterocycles. The van der Waals surface area contributed by atoms with Crippen molar-refractivity contribution in [2.75, 3.05) is 32.8 Å². The Bertz CT molecular complexity index is 351. The number of amides is 1. The van der Waals surface area contributed by atoms with E-state index in [1.54, 1.807) is 28.9 Å². The molecule has 0 spiro atoms. The minimum absolute atomic E-state index is 0.0242. The molecule has 17 heavy (non-hydrogen) atoms. The molecule has 0 unspecified atom stereocenters. The summed E-state index contributed by atoms with van der Waals surface area (Å²) in [5, 5.41) is 3.99. The largest absolute Gasteiger partial charge is 0.378 e. The molecule has 0 radical (unpaired) electrons. The van der Waals surface area contributed by atoms with Gasteiger partial charge in [0.25, 0.3) is 5.91 Å². The van der Waals surface area contributed by atoms with Crippen molar-refractivity contribution in [2.45, 2.75) is 6.92 Å². The van der Waals surface area contributed by atoms with Crippen LogP contribution in [0.4, 0.5) is 0 Å². The van der Waals surface area contributed by atoms with E-state index in [0.717, 1.165) is 0 Å². The smallest absolute Gasteiger partial charge is 0.272 e. The van der Waals surface area contributed by atoms with Crippen molar-refractivity contribution in [2.24, 2.45) is 12.8 Å². The molecule has 0 aliphatic rings. The molecule has 0 fully saturated rings. The van der Waals surface area contributed by atoms with E-state index in [9.17, 15) is 4.79 Å². The van der Waals surface area contributed by atoms with Crippen molar-refractivity contribution >= 4 is 5.91 Å². The lowest BCUT2D eigenvalue weighted by molar-refractivity contribution is 0.0653. The van der Waals surface area contributed by atoms with Gasteiger partial charge in [0, 0.05) is 32.9 Å². The van der Waals surface area contributed by atoms with Crippen molar-refractivity contribution < 1.29 is 9.53 Å². The number of carbonyl (C=O) groups is 1. The number of rotatable bonds is 7. The van der Waals surface area contributed by atoms with Crippen LogP contribution in [-0.4, -0.2) is 53.4 Å². The highest BCUT2D eigenvalue weighted by atomic mass is 16.5. The first-order valence-corrected chi connectivity index (χ1v) is 5.75. The molecular formula is C11H20N4O2. The normalized spacial score (nSPS) is 10.5. The third-order valence-corrected chi connectivity index (χ3v) is 2.48. The molecule has 0 atom stereocenters. The van der Waals surface area contributed by atoms with Crippen molar-refractivity contribution in [3.8, 4) is 0 Å². The number of aromatic nitrogens is 2. The van der Waals surface area contributed by atoms with Gasteiger partial charge in [0.15, 0.2) is 0 Å². The van der Waals surface area contributed by atoms with Gasteiger partial charge in [0.2, 0.25) is 0 Å². The third kappa shape index (κ3) is 3.83. The van der Waals surface area contributed by atoms with Crippen LogP contribution >= 0.6 is 0 Å². The Kier molecular flexibility index (Phi) is 5.65. The summed E-state index contributed by atoms with van der Waals surface area (Å²) >= 11 is 0. The van der Waals surface area contributed by atoms with Gasteiger partial charge in [-0.05, 0) is 13.0 Å². The molecule has 96 valence electrons. The SMILES string of the molecule is CCN(CCOCCN)C(=O)c1ccnn1C. The van der Waals surface area contributed by atoms with Crippen molar-refractivity contribution in [3.63, 3.8) is 0 Å². The van der Waals surface area contributed by atoms with E-state index in [-0.39, 0.29) is 5.91 Å². The third-order valence-electron chi connectivity index (χ3n) is 2.48. The van der Waals surface area contributed by atoms with Crippen LogP contribution in [0.2, 0.25) is 0 Å². The monoisotopic (exact) mass is 240 g/mol. The molecule has 6 nitrogen and oxygen atoms in total. The van der Waals surface area contributed by atoms with Crippen molar-refractivity contribution in [1.82, 2.24) is 14.7 Å². The lowest BCUT2D eigenvalue weighted by atomic mass is 10.3. The van der Waals surface area contributed by atoms with Gasteiger partial charge < -0.3 is 15.4 Å². The topological polar surface area (TPSA) is 73.4 Å². The van der Waals surface area contributed by atoms with Crippen LogP contribution in [-0.2, 0) is 11.8 Å². The fraction of sp³-hybridized carbons (Fsp3) is 0.636. The number of nitrogens with two attached hydrogens (primary N) is 1. The molecule has 1 heterocycles. The fourth-order valence-electron chi connectivity index (χ4n) is 1.51. The number of hydrogen-bond donors (Lipinski definition) is 1. The van der Waals surface area contributed by atoms with E-state index in [2.05, 4.69) is 5.10 Å². The van der Waals surface area contributed by atoms with Gasteiger partial charge in [-0.1, -0.05) is 0 Å². The Balaban J connectivity index is 2.50. The number of aryl methyl sites for hydroxylation is 1. The Hall–Kier alpha value is -1.40. The Morgan fingerprint density at radius 1 is 1.59 bits per heavy atom. The van der Waals surface area contributed by atoms with E-state index in [0.29, 0.717) is 38.5 Å². The maximum Gasteiger partial charge on any atom is 0.272 e. The first-order chi connectivity index (χ1) is 8.20. The maximum atomic E-state index is 12.1. The Morgan fingerprint density at radius 2 is 2.35 bits per heavy atom. The predicted molar refractivity (Wildman–Crippen MR) is 64.7 cm³/mol. The summed E-state index contributed by atoms with van der Waals surface area (Å²) in [7, 11) is 1.76. The zero-order valence-corrected chi connectivity index (χ0v) is 10.4. The van der Waals surface area contributed by atoms with Crippen LogP contribution in [0.25, 0.3) is 0 Å². The minimum atomic E-state index is -0.0242. The summed E-state index contributed by atoms with van der Waals surface area (Å²) in [4.78, 5) is 13.8. The lowest BCUT2D eigenvalue weighted by Gasteiger charge is -2.20. The van der Waals surface area contributed by atoms with E-state index in [1.165, 1.54) is 0 Å². The van der Waals surface area contributed by atoms with Gasteiger partial charge in [-0.2, -0.15) is 5.10 Å². The van der Waals surface area contributed by atoms with E-state index in [4.69, 9.17) is 10.5 Å². The average Bonchev–Trinajstić information content (AvgIpc) is 2.75. The molecule has 0 saturated heterocycles. The minimum Gasteiger partial charge on any atom is -0.378 e. The van der Waals surface area contributed by atoms with Gasteiger partial charge >= 0.3 is 0 Å². The summed E-state index contributed by atoms with van der Waals surface area (Å²) in [6.07, 6.45) is 1.62. The number of likely N-dealkylation sites (N-methyl/N-ethyl adjacent to an activating group) is 1. The van der Waals surface area contributed by atoms with Crippen LogP contribution < -0.4 is 5.73 Å². The number of ether oxygens (including phenoxy) is 1. The summed E-state index contributed by atoms with van der Waals surface area (Å²) in [6.45, 7) is 4.70. The highest BCUT2D eigenvalue weighted by Gasteiger charge is 2.16. The van der Waals surface area contributed by atoms with Crippen LogP contribution in [0, 0.1) is 0 Å². The zero-order valence-electron chi connectivity index (χ0n) is 10.4. The highest BCUT2D eigenvalue weighted by Crippen LogP contribution is 2.03. The van der Waals surface area contributed by atoms with Crippen molar-refractivity contribution in [1.29, 1.82) is 0 Å². The first kappa shape index (κ1) is 13.7. The second-order valence-electron chi connectivity index (χ2n) is 3.63. The average molecular weight is 240 g/mol. The molecule has 0 saturated carbocycles. The summed E-state index contributed by atoms with van der Waals surface area (Å²) < 4.78 is 6.85. The molecule has 1 aromatic rings. The molecular weight excluding hydrogens is 220 g/mol. The highest BCUT2D eigenvalue weighted by molar-refractivity contribution is 5.92. The van der Waals surface area contributed by atoms with Crippen LogP contribution in [0.15, 0.2) is 12.3 Å². The van der Waals surface area contributed by atoms with Gasteiger partial charge in [0.05, 0.1) is 13.2 Å². The second-order valence-corrected chi connectivity index (χ2v) is 3.63. The predicted octanol–water partition coefficient (Wildman–Crippen LogP) is -0.142. The molecule has 0 bridgehead atoms. The summed E-state index contributed by atoms with van der Waals surface area (Å²) in [5.41, 5.74) is 5.91. The number of hydrogen-bond acceptors (Lipinski definition) is 4. The molecule has 1 rings (SSSR count). The Labute approximate surface area is 101 Å². The van der Waals surface area contributed by atoms with Crippen LogP contribution in [0.3, 0.4) is 0 Å². The van der Waals surface area contributed by atoms with E-state index in [1.807, 2.05) is 6.92 Å². The number of nitrogens with zero attached hydrogens (tertiary/aromatic N) is 3. The molecule has 6 heteroatoms. The van der Waals surface area contributed by atoms with E-state index < -0.39 is 0 Å². The molecule has 0 aliphatic carbocycles. The standard InChI is InChI=1S/C11H20N4O2/c1-3-15(7-9-17-8-5-12)11(16)10-4-6-13-14(10)2/h4,6H,3,5,7-9,12H2,1-2H3. The van der Waals surface area contributed by atoms with Gasteiger partial charge in [-0.15, -0.1) is 0 Å². The van der Waals surface area contributed by atoms with E-state index >= 15 is 0 Å². The summed E-state index contributed by atoms with van der Waals surface area (Å²) in [5.74, 6) is -0.0242. The quantitative estimate of drug-likeness (QED) is 0.673. The second kappa shape index (κ2) is 7.03. The van der Waals surface area contributed by atoms with Gasteiger partial charge in [-0.3, -0.25) is 9.48 Å². The molecule has 1 amide bonds. The molecule has 0 aromatic carbocycles. The number of carbonyl (C=O) groups excluding carboxylic acids is 1. The van der Waals surface area contributed by atoms with Gasteiger partial charge in [-0.25, -0.2) is 0 Å². The molecule has 0 aliphatic heterocycles. The van der Waals surface area contributed by atoms with Crippen LogP contribution in [0.5, 0.6) is 0 Å².